The van der Waals surface area contributed by atoms with Crippen LogP contribution in [0.2, 0.25) is 0 Å². The van der Waals surface area contributed by atoms with E-state index in [2.05, 4.69) is 5.32 Å². The molecule has 0 bridgehead atoms. The molecular formula is C19H28FN3O3. The Balaban J connectivity index is 1.69. The van der Waals surface area contributed by atoms with Crippen molar-refractivity contribution in [2.45, 2.75) is 27.3 Å². The summed E-state index contributed by atoms with van der Waals surface area (Å²) in [4.78, 5) is 27.7. The average molecular weight is 365 g/mol. The van der Waals surface area contributed by atoms with Crippen LogP contribution in [0.4, 0.5) is 9.18 Å². The molecule has 6 nitrogen and oxygen atoms in total. The van der Waals surface area contributed by atoms with Gasteiger partial charge in [0.15, 0.2) is 0 Å². The average Bonchev–Trinajstić information content (AvgIpc) is 2.61. The van der Waals surface area contributed by atoms with Crippen molar-refractivity contribution >= 4 is 12.0 Å². The lowest BCUT2D eigenvalue weighted by Crippen LogP contribution is -2.51. The van der Waals surface area contributed by atoms with Gasteiger partial charge in [-0.1, -0.05) is 26.0 Å². The lowest BCUT2D eigenvalue weighted by atomic mass is 10.1. The zero-order chi connectivity index (χ0) is 19.1. The highest BCUT2D eigenvalue weighted by atomic mass is 19.1. The van der Waals surface area contributed by atoms with Crippen molar-refractivity contribution in [3.8, 4) is 0 Å². The number of halogens is 1. The number of ether oxygens (including phenoxy) is 1. The van der Waals surface area contributed by atoms with E-state index in [1.807, 2.05) is 18.7 Å². The van der Waals surface area contributed by atoms with Gasteiger partial charge in [-0.25, -0.2) is 9.18 Å². The minimum atomic E-state index is -0.288. The van der Waals surface area contributed by atoms with Crippen LogP contribution in [0.1, 0.15) is 25.0 Å². The number of hydrogen-bond donors (Lipinski definition) is 1. The summed E-state index contributed by atoms with van der Waals surface area (Å²) in [5.74, 6) is -0.0648. The highest BCUT2D eigenvalue weighted by Crippen LogP contribution is 2.09. The third-order valence-corrected chi connectivity index (χ3v) is 4.26. The molecule has 0 aromatic heterocycles. The third-order valence-electron chi connectivity index (χ3n) is 4.26. The van der Waals surface area contributed by atoms with Crippen LogP contribution in [-0.2, 0) is 16.1 Å². The van der Waals surface area contributed by atoms with Crippen molar-refractivity contribution in [2.75, 3.05) is 39.3 Å². The van der Waals surface area contributed by atoms with Crippen molar-refractivity contribution in [3.05, 3.63) is 35.1 Å². The van der Waals surface area contributed by atoms with Gasteiger partial charge in [-0.2, -0.15) is 0 Å². The van der Waals surface area contributed by atoms with E-state index in [1.54, 1.807) is 24.0 Å². The summed E-state index contributed by atoms with van der Waals surface area (Å²) in [7, 11) is 0. The molecular weight excluding hydrogens is 337 g/mol. The number of benzene rings is 1. The second-order valence-corrected chi connectivity index (χ2v) is 7.09. The summed E-state index contributed by atoms with van der Waals surface area (Å²) in [5, 5.41) is 2.81. The van der Waals surface area contributed by atoms with E-state index in [9.17, 15) is 14.0 Å². The molecule has 1 aliphatic rings. The minimum Gasteiger partial charge on any atom is -0.449 e. The first-order chi connectivity index (χ1) is 12.3. The van der Waals surface area contributed by atoms with E-state index >= 15 is 0 Å². The summed E-state index contributed by atoms with van der Waals surface area (Å²) in [6.07, 6.45) is -0.288. The van der Waals surface area contributed by atoms with E-state index in [-0.39, 0.29) is 24.4 Å². The van der Waals surface area contributed by atoms with Crippen LogP contribution in [0, 0.1) is 18.7 Å². The maximum atomic E-state index is 13.5. The summed E-state index contributed by atoms with van der Waals surface area (Å²) in [6, 6.07) is 4.95. The first-order valence-corrected chi connectivity index (χ1v) is 9.01. The number of piperazine rings is 1. The van der Waals surface area contributed by atoms with Gasteiger partial charge in [0.1, 0.15) is 5.82 Å². The van der Waals surface area contributed by atoms with Crippen LogP contribution < -0.4 is 5.32 Å². The zero-order valence-corrected chi connectivity index (χ0v) is 15.8. The van der Waals surface area contributed by atoms with Crippen molar-refractivity contribution in [3.63, 3.8) is 0 Å². The molecule has 1 aliphatic heterocycles. The van der Waals surface area contributed by atoms with Crippen molar-refractivity contribution in [1.29, 1.82) is 0 Å². The molecule has 0 atom stereocenters. The van der Waals surface area contributed by atoms with Gasteiger partial charge in [-0.3, -0.25) is 9.69 Å². The van der Waals surface area contributed by atoms with Crippen LogP contribution >= 0.6 is 0 Å². The number of carbonyl (C=O) groups is 2. The number of rotatable bonds is 6. The van der Waals surface area contributed by atoms with Crippen LogP contribution in [0.15, 0.2) is 18.2 Å². The number of amides is 2. The molecule has 1 heterocycles. The van der Waals surface area contributed by atoms with Crippen LogP contribution in [0.25, 0.3) is 0 Å². The first kappa shape index (κ1) is 20.2. The fourth-order valence-electron chi connectivity index (χ4n) is 2.62. The van der Waals surface area contributed by atoms with Gasteiger partial charge in [0.2, 0.25) is 5.91 Å². The highest BCUT2D eigenvalue weighted by molar-refractivity contribution is 5.78. The lowest BCUT2D eigenvalue weighted by Gasteiger charge is -2.33. The predicted octanol–water partition coefficient (Wildman–Crippen LogP) is 2.16. The molecule has 1 N–H and O–H groups in total. The largest absolute Gasteiger partial charge is 0.449 e. The number of carbonyl (C=O) groups excluding carboxylic acids is 2. The van der Waals surface area contributed by atoms with Gasteiger partial charge in [0.25, 0.3) is 0 Å². The molecule has 0 spiro atoms. The Kier molecular flexibility index (Phi) is 7.38. The van der Waals surface area contributed by atoms with E-state index in [4.69, 9.17) is 4.74 Å². The first-order valence-electron chi connectivity index (χ1n) is 9.01. The third kappa shape index (κ3) is 6.29. The van der Waals surface area contributed by atoms with Gasteiger partial charge < -0.3 is 15.0 Å². The number of nitrogens with one attached hydrogen (secondary N) is 1. The molecule has 0 aliphatic carbocycles. The molecule has 1 aromatic rings. The molecule has 0 unspecified atom stereocenters. The predicted molar refractivity (Wildman–Crippen MR) is 97.2 cm³/mol. The SMILES string of the molecule is Cc1ccc(CNC(=O)CN2CCN(C(=O)OCC(C)C)CC2)cc1F. The normalized spacial score (nSPS) is 15.2. The van der Waals surface area contributed by atoms with Crippen LogP contribution in [-0.4, -0.2) is 61.1 Å². The minimum absolute atomic E-state index is 0.109. The zero-order valence-electron chi connectivity index (χ0n) is 15.8. The van der Waals surface area contributed by atoms with Gasteiger partial charge >= 0.3 is 6.09 Å². The van der Waals surface area contributed by atoms with Gasteiger partial charge in [0.05, 0.1) is 13.2 Å². The summed E-state index contributed by atoms with van der Waals surface area (Å²) < 4.78 is 18.7. The Morgan fingerprint density at radius 2 is 1.92 bits per heavy atom. The Labute approximate surface area is 154 Å². The fraction of sp³-hybridized carbons (Fsp3) is 0.579. The second kappa shape index (κ2) is 9.52. The van der Waals surface area contributed by atoms with Gasteiger partial charge in [0, 0.05) is 32.7 Å². The quantitative estimate of drug-likeness (QED) is 0.839. The fourth-order valence-corrected chi connectivity index (χ4v) is 2.62. The van der Waals surface area contributed by atoms with E-state index in [0.717, 1.165) is 5.56 Å². The summed E-state index contributed by atoms with van der Waals surface area (Å²) >= 11 is 0. The number of hydrogen-bond acceptors (Lipinski definition) is 4. The van der Waals surface area contributed by atoms with E-state index in [1.165, 1.54) is 6.07 Å². The smallest absolute Gasteiger partial charge is 0.409 e. The van der Waals surface area contributed by atoms with Crippen molar-refractivity contribution < 1.29 is 18.7 Å². The Bertz CT molecular complexity index is 628. The summed E-state index contributed by atoms with van der Waals surface area (Å²) in [5.41, 5.74) is 1.32. The topological polar surface area (TPSA) is 61.9 Å². The van der Waals surface area contributed by atoms with Gasteiger partial charge in [-0.05, 0) is 30.0 Å². The van der Waals surface area contributed by atoms with Gasteiger partial charge in [-0.15, -0.1) is 0 Å². The van der Waals surface area contributed by atoms with E-state index in [0.29, 0.717) is 50.8 Å². The number of aryl methyl sites for hydroxylation is 1. The molecule has 144 valence electrons. The maximum Gasteiger partial charge on any atom is 0.409 e. The molecule has 2 amide bonds. The Hall–Kier alpha value is -2.15. The van der Waals surface area contributed by atoms with Crippen molar-refractivity contribution in [2.24, 2.45) is 5.92 Å². The molecule has 1 aromatic carbocycles. The Morgan fingerprint density at radius 1 is 1.23 bits per heavy atom. The number of nitrogens with zero attached hydrogens (tertiary/aromatic N) is 2. The maximum absolute atomic E-state index is 13.5. The van der Waals surface area contributed by atoms with Crippen LogP contribution in [0.5, 0.6) is 0 Å². The highest BCUT2D eigenvalue weighted by Gasteiger charge is 2.23. The standard InChI is InChI=1S/C19H28FN3O3/c1-14(2)13-26-19(25)23-8-6-22(7-9-23)12-18(24)21-11-16-5-4-15(3)17(20)10-16/h4-5,10,14H,6-9,11-13H2,1-3H3,(H,21,24). The monoisotopic (exact) mass is 365 g/mol. The molecule has 7 heteroatoms. The van der Waals surface area contributed by atoms with Crippen molar-refractivity contribution in [1.82, 2.24) is 15.1 Å². The molecule has 26 heavy (non-hydrogen) atoms. The van der Waals surface area contributed by atoms with Crippen LogP contribution in [0.3, 0.4) is 0 Å². The molecule has 1 saturated heterocycles. The lowest BCUT2D eigenvalue weighted by molar-refractivity contribution is -0.122. The molecule has 0 saturated carbocycles. The molecule has 2 rings (SSSR count). The molecule has 1 fully saturated rings. The van der Waals surface area contributed by atoms with E-state index < -0.39 is 0 Å². The Morgan fingerprint density at radius 3 is 2.54 bits per heavy atom. The second-order valence-electron chi connectivity index (χ2n) is 7.09. The molecule has 0 radical (unpaired) electrons. The summed E-state index contributed by atoms with van der Waals surface area (Å²) in [6.45, 7) is 9.04.